The molecule has 1 aliphatic heterocycles. The number of rotatable bonds is 4. The third-order valence-corrected chi connectivity index (χ3v) is 7.53. The molecule has 0 saturated carbocycles. The number of nitrogens with zero attached hydrogens (tertiary/aromatic N) is 1. The molecule has 0 radical (unpaired) electrons. The Balaban J connectivity index is 1.63. The van der Waals surface area contributed by atoms with Gasteiger partial charge in [-0.2, -0.15) is 0 Å². The predicted octanol–water partition coefficient (Wildman–Crippen LogP) is 5.41. The summed E-state index contributed by atoms with van der Waals surface area (Å²) in [6, 6.07) is 15.1. The van der Waals surface area contributed by atoms with Crippen molar-refractivity contribution in [3.63, 3.8) is 0 Å². The summed E-state index contributed by atoms with van der Waals surface area (Å²) in [5.74, 6) is -0.172. The SMILES string of the molecule is CC1(C)CCC(C)(C)c2cc(C(C)(C)c3ccc(CN4C(=O)CNC4=O)cc3)ccc21. The zero-order valence-electron chi connectivity index (χ0n) is 19.6. The van der Waals surface area contributed by atoms with E-state index in [1.165, 1.54) is 40.0 Å². The highest BCUT2D eigenvalue weighted by Gasteiger charge is 2.38. The van der Waals surface area contributed by atoms with E-state index >= 15 is 0 Å². The molecule has 2 aromatic rings. The second-order valence-corrected chi connectivity index (χ2v) is 11.0. The summed E-state index contributed by atoms with van der Waals surface area (Å²) in [5.41, 5.74) is 6.71. The van der Waals surface area contributed by atoms with Crippen LogP contribution in [0.15, 0.2) is 42.5 Å². The number of carbonyl (C=O) groups is 2. The maximum Gasteiger partial charge on any atom is 0.324 e. The van der Waals surface area contributed by atoms with Crippen LogP contribution in [0.3, 0.4) is 0 Å². The molecule has 0 unspecified atom stereocenters. The number of urea groups is 1. The molecule has 0 aromatic heterocycles. The van der Waals surface area contributed by atoms with Crippen LogP contribution in [0.5, 0.6) is 0 Å². The third-order valence-electron chi connectivity index (χ3n) is 7.53. The van der Waals surface area contributed by atoms with Gasteiger partial charge in [0.1, 0.15) is 0 Å². The molecule has 1 fully saturated rings. The maximum absolute atomic E-state index is 11.9. The smallest absolute Gasteiger partial charge is 0.324 e. The molecule has 2 aliphatic rings. The largest absolute Gasteiger partial charge is 0.329 e. The maximum atomic E-state index is 11.9. The second kappa shape index (κ2) is 7.22. The molecule has 0 spiro atoms. The van der Waals surface area contributed by atoms with Gasteiger partial charge in [0.25, 0.3) is 0 Å². The number of carbonyl (C=O) groups excluding carboxylic acids is 2. The monoisotopic (exact) mass is 418 g/mol. The van der Waals surface area contributed by atoms with Gasteiger partial charge in [-0.15, -0.1) is 0 Å². The second-order valence-electron chi connectivity index (χ2n) is 11.0. The van der Waals surface area contributed by atoms with E-state index in [1.807, 2.05) is 12.1 Å². The zero-order chi connectivity index (χ0) is 22.6. The van der Waals surface area contributed by atoms with Crippen LogP contribution < -0.4 is 5.32 Å². The van der Waals surface area contributed by atoms with Crippen molar-refractivity contribution in [3.05, 3.63) is 70.3 Å². The average Bonchev–Trinajstić information content (AvgIpc) is 3.04. The molecule has 1 heterocycles. The lowest BCUT2D eigenvalue weighted by molar-refractivity contribution is -0.125. The van der Waals surface area contributed by atoms with Gasteiger partial charge in [0, 0.05) is 5.41 Å². The predicted molar refractivity (Wildman–Crippen MR) is 124 cm³/mol. The molecular formula is C27H34N2O2. The molecule has 1 N–H and O–H groups in total. The van der Waals surface area contributed by atoms with Crippen LogP contribution in [0.4, 0.5) is 4.79 Å². The van der Waals surface area contributed by atoms with E-state index in [0.29, 0.717) is 6.54 Å². The van der Waals surface area contributed by atoms with Crippen molar-refractivity contribution in [2.45, 2.75) is 77.2 Å². The normalized spacial score (nSPS) is 19.9. The molecule has 1 aliphatic carbocycles. The standard InChI is InChI=1S/C27H34N2O2/c1-25(2)13-14-26(3,4)22-15-20(11-12-21(22)25)27(5,6)19-9-7-18(8-10-19)17-29-23(30)16-28-24(29)31/h7-12,15H,13-14,16-17H2,1-6H3,(H,28,31). The first-order valence-electron chi connectivity index (χ1n) is 11.2. The number of benzene rings is 2. The highest BCUT2D eigenvalue weighted by atomic mass is 16.2. The van der Waals surface area contributed by atoms with Crippen LogP contribution in [0, 0.1) is 0 Å². The van der Waals surface area contributed by atoms with Gasteiger partial charge in [-0.05, 0) is 51.5 Å². The minimum atomic E-state index is -0.311. The molecule has 4 rings (SSSR count). The third kappa shape index (κ3) is 3.77. The van der Waals surface area contributed by atoms with Gasteiger partial charge in [-0.3, -0.25) is 9.69 Å². The van der Waals surface area contributed by atoms with Crippen molar-refractivity contribution < 1.29 is 9.59 Å². The summed E-state index contributed by atoms with van der Waals surface area (Å²) in [4.78, 5) is 24.9. The Morgan fingerprint density at radius 3 is 2.03 bits per heavy atom. The van der Waals surface area contributed by atoms with Crippen molar-refractivity contribution in [1.82, 2.24) is 10.2 Å². The van der Waals surface area contributed by atoms with Gasteiger partial charge in [-0.25, -0.2) is 4.79 Å². The number of hydrogen-bond acceptors (Lipinski definition) is 2. The molecule has 164 valence electrons. The van der Waals surface area contributed by atoms with Crippen molar-refractivity contribution in [3.8, 4) is 0 Å². The summed E-state index contributed by atoms with van der Waals surface area (Å²) < 4.78 is 0. The van der Waals surface area contributed by atoms with Crippen molar-refractivity contribution in [2.24, 2.45) is 0 Å². The first-order chi connectivity index (χ1) is 14.4. The van der Waals surface area contributed by atoms with Crippen LogP contribution in [-0.2, 0) is 27.6 Å². The van der Waals surface area contributed by atoms with Gasteiger partial charge in [0.15, 0.2) is 0 Å². The van der Waals surface area contributed by atoms with Gasteiger partial charge in [-0.1, -0.05) is 84.0 Å². The average molecular weight is 419 g/mol. The Morgan fingerprint density at radius 1 is 0.871 bits per heavy atom. The summed E-state index contributed by atoms with van der Waals surface area (Å²) in [5, 5.41) is 2.57. The number of fused-ring (bicyclic) bond motifs is 1. The van der Waals surface area contributed by atoms with E-state index in [9.17, 15) is 9.59 Å². The Kier molecular flexibility index (Phi) is 5.03. The molecular weight excluding hydrogens is 384 g/mol. The van der Waals surface area contributed by atoms with Gasteiger partial charge in [0.2, 0.25) is 5.91 Å². The Morgan fingerprint density at radius 2 is 1.45 bits per heavy atom. The van der Waals surface area contributed by atoms with Gasteiger partial charge < -0.3 is 5.32 Å². The van der Waals surface area contributed by atoms with E-state index in [1.54, 1.807) is 0 Å². The van der Waals surface area contributed by atoms with Crippen LogP contribution >= 0.6 is 0 Å². The van der Waals surface area contributed by atoms with Crippen LogP contribution in [0.2, 0.25) is 0 Å². The van der Waals surface area contributed by atoms with E-state index in [2.05, 4.69) is 77.2 Å². The highest BCUT2D eigenvalue weighted by molar-refractivity contribution is 6.01. The van der Waals surface area contributed by atoms with Crippen molar-refractivity contribution in [1.29, 1.82) is 0 Å². The molecule has 31 heavy (non-hydrogen) atoms. The quantitative estimate of drug-likeness (QED) is 0.675. The van der Waals surface area contributed by atoms with Crippen LogP contribution in [0.1, 0.15) is 82.2 Å². The van der Waals surface area contributed by atoms with Crippen LogP contribution in [-0.4, -0.2) is 23.4 Å². The fourth-order valence-electron chi connectivity index (χ4n) is 4.97. The summed E-state index contributed by atoms with van der Waals surface area (Å²) in [6.07, 6.45) is 2.42. The lowest BCUT2D eigenvalue weighted by atomic mass is 9.62. The zero-order valence-corrected chi connectivity index (χ0v) is 19.6. The molecule has 0 atom stereocenters. The first-order valence-corrected chi connectivity index (χ1v) is 11.2. The minimum Gasteiger partial charge on any atom is -0.329 e. The Hall–Kier alpha value is -2.62. The molecule has 4 nitrogen and oxygen atoms in total. The van der Waals surface area contributed by atoms with Gasteiger partial charge in [0.05, 0.1) is 13.1 Å². The van der Waals surface area contributed by atoms with E-state index in [0.717, 1.165) is 5.56 Å². The summed E-state index contributed by atoms with van der Waals surface area (Å²) in [7, 11) is 0. The van der Waals surface area contributed by atoms with E-state index in [-0.39, 0.29) is 34.7 Å². The topological polar surface area (TPSA) is 49.4 Å². The van der Waals surface area contributed by atoms with E-state index in [4.69, 9.17) is 0 Å². The number of hydrogen-bond donors (Lipinski definition) is 1. The highest BCUT2D eigenvalue weighted by Crippen LogP contribution is 2.47. The van der Waals surface area contributed by atoms with Gasteiger partial charge >= 0.3 is 6.03 Å². The fraction of sp³-hybridized carbons (Fsp3) is 0.481. The molecule has 3 amide bonds. The summed E-state index contributed by atoms with van der Waals surface area (Å²) >= 11 is 0. The molecule has 0 bridgehead atoms. The van der Waals surface area contributed by atoms with Crippen LogP contribution in [0.25, 0.3) is 0 Å². The number of nitrogens with one attached hydrogen (secondary N) is 1. The number of amides is 3. The van der Waals surface area contributed by atoms with Crippen molar-refractivity contribution >= 4 is 11.9 Å². The Bertz CT molecular complexity index is 1020. The molecule has 1 saturated heterocycles. The molecule has 4 heteroatoms. The van der Waals surface area contributed by atoms with Crippen molar-refractivity contribution in [2.75, 3.05) is 6.54 Å². The lowest BCUT2D eigenvalue weighted by Gasteiger charge is -2.43. The first kappa shape index (κ1) is 21.6. The minimum absolute atomic E-state index is 0.0927. The fourth-order valence-corrected chi connectivity index (χ4v) is 4.97. The Labute approximate surface area is 186 Å². The molecule has 2 aromatic carbocycles. The summed E-state index contributed by atoms with van der Waals surface area (Å²) in [6.45, 7) is 14.4. The number of imide groups is 1. The lowest BCUT2D eigenvalue weighted by Crippen LogP contribution is -2.34. The van der Waals surface area contributed by atoms with E-state index < -0.39 is 0 Å².